The number of hydrogen-bond acceptors (Lipinski definition) is 7. The zero-order valence-corrected chi connectivity index (χ0v) is 20.7. The van der Waals surface area contributed by atoms with Crippen molar-refractivity contribution in [3.8, 4) is 0 Å². The van der Waals surface area contributed by atoms with Crippen LogP contribution in [0.1, 0.15) is 57.8 Å². The van der Waals surface area contributed by atoms with Crippen molar-refractivity contribution in [1.82, 2.24) is 10.2 Å². The highest BCUT2D eigenvalue weighted by molar-refractivity contribution is 7.91. The lowest BCUT2D eigenvalue weighted by Gasteiger charge is -2.58. The van der Waals surface area contributed by atoms with Crippen molar-refractivity contribution in [3.05, 3.63) is 0 Å². The monoisotopic (exact) mass is 484 g/mol. The maximum absolute atomic E-state index is 12.3. The quantitative estimate of drug-likeness (QED) is 0.320. The number of ether oxygens (including phenoxy) is 1. The van der Waals surface area contributed by atoms with E-state index in [0.29, 0.717) is 37.4 Å². The third-order valence-electron chi connectivity index (χ3n) is 9.10. The van der Waals surface area contributed by atoms with E-state index in [1.54, 1.807) is 7.11 Å². The topological polar surface area (TPSA) is 94.2 Å². The Kier molecular flexibility index (Phi) is 7.06. The Morgan fingerprint density at radius 1 is 0.970 bits per heavy atom. The van der Waals surface area contributed by atoms with E-state index in [2.05, 4.69) is 5.32 Å². The minimum absolute atomic E-state index is 0.0140. The number of sulfone groups is 1. The summed E-state index contributed by atoms with van der Waals surface area (Å²) < 4.78 is 29.1. The molecule has 8 nitrogen and oxygen atoms in total. The maximum Gasteiger partial charge on any atom is 0.234 e. The second kappa shape index (κ2) is 9.72. The molecule has 6 fully saturated rings. The molecule has 1 amide bonds. The number of methoxy groups -OCH3 is 1. The standard InChI is InChI=1S/C24H40N2O6S/c1-30-24(20-11-18-10-19(13-20)14-21(24)12-18)32-31-22-4-2-17(3-5-22)15-25-23(27)16-26-6-8-33(28,29)9-7-26/h17-22H,2-16H2,1H3,(H,25,27). The second-order valence-electron chi connectivity index (χ2n) is 11.3. The molecule has 5 aliphatic carbocycles. The van der Waals surface area contributed by atoms with Gasteiger partial charge in [-0.25, -0.2) is 18.2 Å². The van der Waals surface area contributed by atoms with Gasteiger partial charge < -0.3 is 10.1 Å². The molecule has 33 heavy (non-hydrogen) atoms. The molecule has 0 radical (unpaired) electrons. The predicted molar refractivity (Wildman–Crippen MR) is 123 cm³/mol. The van der Waals surface area contributed by atoms with E-state index in [1.807, 2.05) is 4.90 Å². The number of nitrogens with zero attached hydrogens (tertiary/aromatic N) is 1. The average Bonchev–Trinajstić information content (AvgIpc) is 2.79. The van der Waals surface area contributed by atoms with Crippen molar-refractivity contribution in [2.45, 2.75) is 69.7 Å². The van der Waals surface area contributed by atoms with E-state index < -0.39 is 15.6 Å². The largest absolute Gasteiger partial charge is 0.355 e. The van der Waals surface area contributed by atoms with Gasteiger partial charge in [-0.2, -0.15) is 0 Å². The highest BCUT2D eigenvalue weighted by atomic mass is 32.2. The van der Waals surface area contributed by atoms with Crippen LogP contribution in [0.4, 0.5) is 0 Å². The lowest BCUT2D eigenvalue weighted by Crippen LogP contribution is -2.60. The zero-order valence-electron chi connectivity index (χ0n) is 19.9. The molecule has 188 valence electrons. The summed E-state index contributed by atoms with van der Waals surface area (Å²) >= 11 is 0. The number of carbonyl (C=O) groups excluding carboxylic acids is 1. The zero-order chi connectivity index (χ0) is 23.1. The molecule has 0 aromatic carbocycles. The first-order valence-electron chi connectivity index (χ1n) is 12.9. The fourth-order valence-electron chi connectivity index (χ4n) is 7.35. The van der Waals surface area contributed by atoms with E-state index in [9.17, 15) is 13.2 Å². The molecule has 5 saturated carbocycles. The smallest absolute Gasteiger partial charge is 0.234 e. The molecule has 1 aliphatic heterocycles. The molecule has 1 heterocycles. The van der Waals surface area contributed by atoms with Crippen molar-refractivity contribution in [2.75, 3.05) is 44.8 Å². The van der Waals surface area contributed by atoms with Crippen LogP contribution in [0.5, 0.6) is 0 Å². The highest BCUT2D eigenvalue weighted by Crippen LogP contribution is 2.60. The lowest BCUT2D eigenvalue weighted by atomic mass is 9.53. The number of rotatable bonds is 8. The molecule has 1 saturated heterocycles. The van der Waals surface area contributed by atoms with Crippen molar-refractivity contribution in [3.63, 3.8) is 0 Å². The van der Waals surface area contributed by atoms with E-state index in [0.717, 1.165) is 37.5 Å². The normalized spacial score (nSPS) is 42.3. The third kappa shape index (κ3) is 5.27. The van der Waals surface area contributed by atoms with Crippen molar-refractivity contribution < 1.29 is 27.7 Å². The van der Waals surface area contributed by atoms with Gasteiger partial charge in [0.2, 0.25) is 11.7 Å². The molecule has 0 aromatic rings. The van der Waals surface area contributed by atoms with Crippen LogP contribution in [0.15, 0.2) is 0 Å². The highest BCUT2D eigenvalue weighted by Gasteiger charge is 2.60. The Bertz CT molecular complexity index is 768. The van der Waals surface area contributed by atoms with Crippen LogP contribution in [-0.4, -0.2) is 75.9 Å². The summed E-state index contributed by atoms with van der Waals surface area (Å²) in [7, 11) is -1.13. The van der Waals surface area contributed by atoms with Gasteiger partial charge in [0.15, 0.2) is 9.84 Å². The van der Waals surface area contributed by atoms with Gasteiger partial charge in [-0.15, -0.1) is 0 Å². The molecular weight excluding hydrogens is 444 g/mol. The summed E-state index contributed by atoms with van der Waals surface area (Å²) in [5.41, 5.74) is 0. The van der Waals surface area contributed by atoms with E-state index >= 15 is 0 Å². The van der Waals surface area contributed by atoms with Crippen LogP contribution in [-0.2, 0) is 29.1 Å². The first-order valence-corrected chi connectivity index (χ1v) is 14.8. The van der Waals surface area contributed by atoms with Gasteiger partial charge in [-0.05, 0) is 75.5 Å². The van der Waals surface area contributed by atoms with Crippen LogP contribution in [0.25, 0.3) is 0 Å². The predicted octanol–water partition coefficient (Wildman–Crippen LogP) is 2.14. The summed E-state index contributed by atoms with van der Waals surface area (Å²) in [6.07, 6.45) is 10.2. The SMILES string of the molecule is COC1(OOC2CCC(CNC(=O)CN3CCS(=O)(=O)CC3)CC2)C2CC3CC(C2)CC1C3. The van der Waals surface area contributed by atoms with E-state index in [1.165, 1.54) is 32.1 Å². The molecule has 0 atom stereocenters. The van der Waals surface area contributed by atoms with Crippen LogP contribution < -0.4 is 5.32 Å². The average molecular weight is 485 g/mol. The summed E-state index contributed by atoms with van der Waals surface area (Å²) in [4.78, 5) is 26.4. The molecule has 0 aromatic heterocycles. The number of amides is 1. The van der Waals surface area contributed by atoms with Crippen LogP contribution >= 0.6 is 0 Å². The van der Waals surface area contributed by atoms with Crippen molar-refractivity contribution >= 4 is 15.7 Å². The first kappa shape index (κ1) is 24.0. The van der Waals surface area contributed by atoms with Crippen LogP contribution in [0.3, 0.4) is 0 Å². The summed E-state index contributed by atoms with van der Waals surface area (Å²) in [5.74, 6) is 2.83. The second-order valence-corrected chi connectivity index (χ2v) is 13.6. The lowest BCUT2D eigenvalue weighted by molar-refractivity contribution is -0.485. The maximum atomic E-state index is 12.3. The summed E-state index contributed by atoms with van der Waals surface area (Å²) in [6, 6.07) is 0. The Balaban J connectivity index is 1.01. The summed E-state index contributed by atoms with van der Waals surface area (Å²) in [6.45, 7) is 1.85. The Morgan fingerprint density at radius 2 is 1.58 bits per heavy atom. The minimum Gasteiger partial charge on any atom is -0.355 e. The van der Waals surface area contributed by atoms with Crippen molar-refractivity contribution in [1.29, 1.82) is 0 Å². The number of carbonyl (C=O) groups is 1. The van der Waals surface area contributed by atoms with Gasteiger partial charge in [0.1, 0.15) is 0 Å². The van der Waals surface area contributed by atoms with Crippen LogP contribution in [0, 0.1) is 29.6 Å². The Labute approximate surface area is 197 Å². The Morgan fingerprint density at radius 3 is 2.15 bits per heavy atom. The molecule has 9 heteroatoms. The Hall–Kier alpha value is -0.740. The van der Waals surface area contributed by atoms with E-state index in [-0.39, 0.29) is 30.1 Å². The van der Waals surface area contributed by atoms with Gasteiger partial charge in [-0.1, -0.05) is 0 Å². The van der Waals surface area contributed by atoms with Crippen molar-refractivity contribution in [2.24, 2.45) is 29.6 Å². The molecule has 0 unspecified atom stereocenters. The van der Waals surface area contributed by atoms with Gasteiger partial charge >= 0.3 is 0 Å². The third-order valence-corrected chi connectivity index (χ3v) is 10.7. The van der Waals surface area contributed by atoms with Gasteiger partial charge in [-0.3, -0.25) is 9.69 Å². The first-order chi connectivity index (χ1) is 15.8. The summed E-state index contributed by atoms with van der Waals surface area (Å²) in [5, 5.41) is 3.05. The number of hydrogen-bond donors (Lipinski definition) is 1. The molecule has 4 bridgehead atoms. The minimum atomic E-state index is -2.91. The molecular formula is C24H40N2O6S. The van der Waals surface area contributed by atoms with Gasteiger partial charge in [0.05, 0.1) is 24.2 Å². The number of nitrogens with one attached hydrogen (secondary N) is 1. The molecule has 1 N–H and O–H groups in total. The molecule has 0 spiro atoms. The fraction of sp³-hybridized carbons (Fsp3) is 0.958. The van der Waals surface area contributed by atoms with Crippen LogP contribution in [0.2, 0.25) is 0 Å². The van der Waals surface area contributed by atoms with Gasteiger partial charge in [0.25, 0.3) is 0 Å². The molecule has 6 aliphatic rings. The molecule has 6 rings (SSSR count). The fourth-order valence-corrected chi connectivity index (χ4v) is 8.62. The van der Waals surface area contributed by atoms with E-state index in [4.69, 9.17) is 14.5 Å². The van der Waals surface area contributed by atoms with Gasteiger partial charge in [0, 0.05) is 38.6 Å².